The second-order valence-corrected chi connectivity index (χ2v) is 4.54. The molecule has 0 fully saturated rings. The molecule has 0 radical (unpaired) electrons. The summed E-state index contributed by atoms with van der Waals surface area (Å²) in [7, 11) is 0. The first kappa shape index (κ1) is 14.5. The van der Waals surface area contributed by atoms with E-state index in [4.69, 9.17) is 0 Å². The fraction of sp³-hybridized carbons (Fsp3) is 0.0588. The minimum Gasteiger partial charge on any atom is -0.477 e. The van der Waals surface area contributed by atoms with E-state index in [2.05, 4.69) is 5.32 Å². The van der Waals surface area contributed by atoms with Crippen LogP contribution in [0.2, 0.25) is 0 Å². The number of hydrogen-bond acceptors (Lipinski definition) is 2. The van der Waals surface area contributed by atoms with Crippen LogP contribution >= 0.6 is 0 Å². The predicted octanol–water partition coefficient (Wildman–Crippen LogP) is 2.85. The Kier molecular flexibility index (Phi) is 4.51. The molecule has 2 aromatic carbocycles. The number of benzene rings is 2. The molecule has 2 rings (SSSR count). The molecule has 0 aliphatic carbocycles. The second-order valence-electron chi connectivity index (χ2n) is 4.54. The van der Waals surface area contributed by atoms with Gasteiger partial charge in [-0.1, -0.05) is 42.5 Å². The number of nitrogens with one attached hydrogen (secondary N) is 1. The molecule has 106 valence electrons. The van der Waals surface area contributed by atoms with Crippen LogP contribution in [-0.4, -0.2) is 17.0 Å². The lowest BCUT2D eigenvalue weighted by atomic mass is 10.1. The average Bonchev–Trinajstić information content (AvgIpc) is 2.49. The molecule has 0 atom stereocenters. The summed E-state index contributed by atoms with van der Waals surface area (Å²) in [6.07, 6.45) is 1.46. The van der Waals surface area contributed by atoms with Crippen LogP contribution in [0.3, 0.4) is 0 Å². The van der Waals surface area contributed by atoms with Gasteiger partial charge in [-0.25, -0.2) is 4.79 Å². The maximum atomic E-state index is 12.0. The van der Waals surface area contributed by atoms with Crippen LogP contribution < -0.4 is 5.32 Å². The van der Waals surface area contributed by atoms with E-state index in [0.29, 0.717) is 5.56 Å². The number of hydrogen-bond donors (Lipinski definition) is 2. The van der Waals surface area contributed by atoms with Crippen molar-refractivity contribution in [3.05, 3.63) is 77.0 Å². The van der Waals surface area contributed by atoms with E-state index in [0.717, 1.165) is 11.1 Å². The normalized spacial score (nSPS) is 11.0. The van der Waals surface area contributed by atoms with Crippen molar-refractivity contribution in [3.63, 3.8) is 0 Å². The molecule has 0 spiro atoms. The van der Waals surface area contributed by atoms with Crippen molar-refractivity contribution in [3.8, 4) is 0 Å². The predicted molar refractivity (Wildman–Crippen MR) is 80.7 cm³/mol. The van der Waals surface area contributed by atoms with Crippen LogP contribution in [0, 0.1) is 6.92 Å². The molecular weight excluding hydrogens is 266 g/mol. The van der Waals surface area contributed by atoms with E-state index in [1.807, 2.05) is 25.1 Å². The highest BCUT2D eigenvalue weighted by molar-refractivity contribution is 6.02. The molecule has 0 bridgehead atoms. The highest BCUT2D eigenvalue weighted by atomic mass is 16.4. The van der Waals surface area contributed by atoms with Crippen molar-refractivity contribution in [2.24, 2.45) is 0 Å². The fourth-order valence-electron chi connectivity index (χ4n) is 1.84. The minimum atomic E-state index is -1.18. The van der Waals surface area contributed by atoms with Gasteiger partial charge in [-0.15, -0.1) is 0 Å². The van der Waals surface area contributed by atoms with Crippen molar-refractivity contribution in [1.29, 1.82) is 0 Å². The molecule has 4 nitrogen and oxygen atoms in total. The van der Waals surface area contributed by atoms with Gasteiger partial charge in [-0.2, -0.15) is 0 Å². The molecule has 0 saturated heterocycles. The lowest BCUT2D eigenvalue weighted by molar-refractivity contribution is -0.132. The first-order valence-corrected chi connectivity index (χ1v) is 6.45. The molecule has 0 saturated carbocycles. The van der Waals surface area contributed by atoms with Crippen LogP contribution in [0.4, 0.5) is 0 Å². The Balaban J connectivity index is 2.27. The number of carboxylic acids is 1. The number of carbonyl (C=O) groups is 2. The zero-order chi connectivity index (χ0) is 15.2. The van der Waals surface area contributed by atoms with Crippen molar-refractivity contribution in [2.75, 3.05) is 0 Å². The Morgan fingerprint density at radius 1 is 1.00 bits per heavy atom. The van der Waals surface area contributed by atoms with Crippen molar-refractivity contribution >= 4 is 18.0 Å². The molecular formula is C17H15NO3. The Morgan fingerprint density at radius 2 is 1.62 bits per heavy atom. The van der Waals surface area contributed by atoms with Crippen molar-refractivity contribution in [1.82, 2.24) is 5.32 Å². The van der Waals surface area contributed by atoms with Crippen LogP contribution in [0.25, 0.3) is 6.08 Å². The smallest absolute Gasteiger partial charge is 0.352 e. The van der Waals surface area contributed by atoms with Gasteiger partial charge in [-0.05, 0) is 36.3 Å². The summed E-state index contributed by atoms with van der Waals surface area (Å²) in [4.78, 5) is 23.3. The summed E-state index contributed by atoms with van der Waals surface area (Å²) in [5.41, 5.74) is 1.95. The fourth-order valence-corrected chi connectivity index (χ4v) is 1.84. The number of carboxylic acid groups (broad SMARTS) is 1. The third kappa shape index (κ3) is 3.79. The van der Waals surface area contributed by atoms with Gasteiger partial charge in [0.2, 0.25) is 0 Å². The summed E-state index contributed by atoms with van der Waals surface area (Å²) in [5, 5.41) is 11.7. The standard InChI is InChI=1S/C17H15NO3/c1-12-7-5-6-10-14(12)11-15(17(20)21)18-16(19)13-8-3-2-4-9-13/h2-11H,1H3,(H,18,19)(H,20,21). The first-order chi connectivity index (χ1) is 10.1. The molecule has 0 aliphatic rings. The molecule has 4 heteroatoms. The Morgan fingerprint density at radius 3 is 2.24 bits per heavy atom. The SMILES string of the molecule is Cc1ccccc1C=C(NC(=O)c1ccccc1)C(=O)O. The van der Waals surface area contributed by atoms with E-state index in [1.54, 1.807) is 36.4 Å². The Hall–Kier alpha value is -2.88. The van der Waals surface area contributed by atoms with E-state index >= 15 is 0 Å². The van der Waals surface area contributed by atoms with Crippen LogP contribution in [0.1, 0.15) is 21.5 Å². The summed E-state index contributed by atoms with van der Waals surface area (Å²) < 4.78 is 0. The highest BCUT2D eigenvalue weighted by Crippen LogP contribution is 2.11. The van der Waals surface area contributed by atoms with E-state index in [9.17, 15) is 14.7 Å². The molecule has 0 heterocycles. The van der Waals surface area contributed by atoms with E-state index < -0.39 is 11.9 Å². The second kappa shape index (κ2) is 6.52. The first-order valence-electron chi connectivity index (χ1n) is 6.45. The number of aryl methyl sites for hydroxylation is 1. The number of aliphatic carboxylic acids is 1. The largest absolute Gasteiger partial charge is 0.477 e. The van der Waals surface area contributed by atoms with E-state index in [1.165, 1.54) is 6.08 Å². The zero-order valence-corrected chi connectivity index (χ0v) is 11.5. The lowest BCUT2D eigenvalue weighted by Crippen LogP contribution is -2.27. The Labute approximate surface area is 122 Å². The van der Waals surface area contributed by atoms with Crippen LogP contribution in [0.5, 0.6) is 0 Å². The van der Waals surface area contributed by atoms with Crippen LogP contribution in [0.15, 0.2) is 60.3 Å². The molecule has 2 N–H and O–H groups in total. The van der Waals surface area contributed by atoms with Gasteiger partial charge in [0.25, 0.3) is 5.91 Å². The molecule has 2 aromatic rings. The number of amides is 1. The van der Waals surface area contributed by atoms with Gasteiger partial charge >= 0.3 is 5.97 Å². The van der Waals surface area contributed by atoms with E-state index in [-0.39, 0.29) is 5.70 Å². The highest BCUT2D eigenvalue weighted by Gasteiger charge is 2.13. The number of rotatable bonds is 4. The van der Waals surface area contributed by atoms with Gasteiger partial charge in [0.05, 0.1) is 0 Å². The molecule has 0 aliphatic heterocycles. The van der Waals surface area contributed by atoms with Gasteiger partial charge in [0.1, 0.15) is 5.70 Å². The summed E-state index contributed by atoms with van der Waals surface area (Å²) in [6, 6.07) is 15.9. The topological polar surface area (TPSA) is 66.4 Å². The molecule has 0 aromatic heterocycles. The molecule has 0 unspecified atom stereocenters. The molecule has 1 amide bonds. The third-order valence-corrected chi connectivity index (χ3v) is 3.00. The monoisotopic (exact) mass is 281 g/mol. The number of carbonyl (C=O) groups excluding carboxylic acids is 1. The summed E-state index contributed by atoms with van der Waals surface area (Å²) >= 11 is 0. The lowest BCUT2D eigenvalue weighted by Gasteiger charge is -2.07. The quantitative estimate of drug-likeness (QED) is 0.847. The van der Waals surface area contributed by atoms with Crippen molar-refractivity contribution in [2.45, 2.75) is 6.92 Å². The maximum absolute atomic E-state index is 12.0. The van der Waals surface area contributed by atoms with Gasteiger partial charge < -0.3 is 10.4 Å². The van der Waals surface area contributed by atoms with Crippen LogP contribution in [-0.2, 0) is 4.79 Å². The third-order valence-electron chi connectivity index (χ3n) is 3.00. The van der Waals surface area contributed by atoms with Crippen molar-refractivity contribution < 1.29 is 14.7 Å². The summed E-state index contributed by atoms with van der Waals surface area (Å²) in [6.45, 7) is 1.88. The average molecular weight is 281 g/mol. The van der Waals surface area contributed by atoms with Gasteiger partial charge in [0.15, 0.2) is 0 Å². The summed E-state index contributed by atoms with van der Waals surface area (Å²) in [5.74, 6) is -1.62. The minimum absolute atomic E-state index is 0.154. The van der Waals surface area contributed by atoms with Gasteiger partial charge in [-0.3, -0.25) is 4.79 Å². The Bertz CT molecular complexity index is 690. The van der Waals surface area contributed by atoms with Gasteiger partial charge in [0, 0.05) is 5.56 Å². The zero-order valence-electron chi connectivity index (χ0n) is 11.5. The molecule has 21 heavy (non-hydrogen) atoms. The maximum Gasteiger partial charge on any atom is 0.352 e.